The first kappa shape index (κ1) is 37.6. The van der Waals surface area contributed by atoms with Crippen LogP contribution in [0.1, 0.15) is 0 Å². The minimum absolute atomic E-state index is 0.281. The second kappa shape index (κ2) is 18.9. The third-order valence-electron chi connectivity index (χ3n) is 2.89. The van der Waals surface area contributed by atoms with Crippen LogP contribution in [0.4, 0.5) is 0 Å². The molecule has 0 aromatic carbocycles. The number of hydrogen-bond acceptors (Lipinski definition) is 9. The van der Waals surface area contributed by atoms with E-state index in [1.54, 1.807) is 0 Å². The van der Waals surface area contributed by atoms with Crippen LogP contribution in [0.25, 0.3) is 0 Å². The van der Waals surface area contributed by atoms with Crippen LogP contribution in [0.15, 0.2) is 0 Å². The molecule has 0 aliphatic carbocycles. The molecule has 4 N–H and O–H groups in total. The Morgan fingerprint density at radius 3 is 1.10 bits per heavy atom. The number of carbonyl (C=O) groups is 1. The summed E-state index contributed by atoms with van der Waals surface area (Å²) in [7, 11) is 13.8. The number of carboxylic acids is 1. The van der Waals surface area contributed by atoms with Gasteiger partial charge >= 0.3 is 0 Å². The smallest absolute Gasteiger partial charge is 0.101 e. The number of quaternary nitrogens is 3. The zero-order valence-electron chi connectivity index (χ0n) is 20.8. The topological polar surface area (TPSA) is 176 Å². The molecule has 0 aromatic rings. The van der Waals surface area contributed by atoms with Gasteiger partial charge in [-0.05, 0) is 0 Å². The highest BCUT2D eigenvalue weighted by molar-refractivity contribution is 7.48. The number of aliphatic carboxylic acids is 1. The van der Waals surface area contributed by atoms with Gasteiger partial charge in [-0.1, -0.05) is 7.60 Å². The summed E-state index contributed by atoms with van der Waals surface area (Å²) in [6.07, 6.45) is -0.860. The first-order chi connectivity index (χ1) is 13.6. The maximum atomic E-state index is 9.81. The Morgan fingerprint density at radius 2 is 1.00 bits per heavy atom. The standard InChI is InChI=1S/3C5H14NO.C3H8NO5P/c3*1-6(2,3)4-5-7;5-3(6)1-4-2-10(7,8)9/h3*7H,4-5H2,1-3H3;4H,1-2H2,(H,5,6)(H2,7,8,9)/q3*+1;/p-3. The molecule has 0 heterocycles. The summed E-state index contributed by atoms with van der Waals surface area (Å²) in [6, 6.07) is 0. The Bertz CT molecular complexity index is 431. The molecule has 12 nitrogen and oxygen atoms in total. The molecule has 13 heteroatoms. The van der Waals surface area contributed by atoms with Crippen LogP contribution in [0.3, 0.4) is 0 Å². The molecule has 0 amide bonds. The van der Waals surface area contributed by atoms with Crippen molar-refractivity contribution in [3.8, 4) is 0 Å². The second-order valence-electron chi connectivity index (χ2n) is 9.78. The van der Waals surface area contributed by atoms with Gasteiger partial charge in [0.25, 0.3) is 0 Å². The van der Waals surface area contributed by atoms with Crippen molar-refractivity contribution in [3.05, 3.63) is 0 Å². The Hall–Kier alpha value is -0.660. The van der Waals surface area contributed by atoms with Crippen LogP contribution in [0.5, 0.6) is 0 Å². The van der Waals surface area contributed by atoms with Crippen molar-refractivity contribution in [3.63, 3.8) is 0 Å². The summed E-state index contributed by atoms with van der Waals surface area (Å²) < 4.78 is 12.3. The molecular formula is C18H47N4O8P. The number of rotatable bonds is 10. The van der Waals surface area contributed by atoms with Crippen molar-refractivity contribution in [1.82, 2.24) is 5.32 Å². The fourth-order valence-corrected chi connectivity index (χ4v) is 1.58. The Labute approximate surface area is 188 Å². The SMILES string of the molecule is C[N+](C)(C)CCO.C[N+](C)(C)CCO.C[N+](C)(C)CCO.O=C([O-])CNCP(=O)([O-])[O-]. The Kier molecular flexibility index (Phi) is 22.9. The zero-order chi connectivity index (χ0) is 25.9. The van der Waals surface area contributed by atoms with E-state index >= 15 is 0 Å². The summed E-state index contributed by atoms with van der Waals surface area (Å²) in [5.41, 5.74) is 0. The monoisotopic (exact) mass is 478 g/mol. The van der Waals surface area contributed by atoms with Crippen LogP contribution in [0, 0.1) is 0 Å². The van der Waals surface area contributed by atoms with Crippen molar-refractivity contribution in [2.24, 2.45) is 0 Å². The van der Waals surface area contributed by atoms with Crippen molar-refractivity contribution in [2.75, 3.05) is 116 Å². The highest BCUT2D eigenvalue weighted by atomic mass is 31.2. The molecule has 0 fully saturated rings. The molecule has 192 valence electrons. The van der Waals surface area contributed by atoms with Gasteiger partial charge in [0.05, 0.1) is 89.2 Å². The number of nitrogens with one attached hydrogen (secondary N) is 1. The van der Waals surface area contributed by atoms with E-state index in [2.05, 4.69) is 63.4 Å². The van der Waals surface area contributed by atoms with Gasteiger partial charge in [-0.3, -0.25) is 0 Å². The lowest BCUT2D eigenvalue weighted by Crippen LogP contribution is -2.37. The van der Waals surface area contributed by atoms with Crippen molar-refractivity contribution >= 4 is 13.6 Å². The zero-order valence-corrected chi connectivity index (χ0v) is 21.7. The van der Waals surface area contributed by atoms with E-state index in [1.165, 1.54) is 0 Å². The predicted molar refractivity (Wildman–Crippen MR) is 115 cm³/mol. The number of aliphatic hydroxyl groups excluding tert-OH is 3. The molecule has 0 unspecified atom stereocenters. The molecule has 0 spiro atoms. The Morgan fingerprint density at radius 1 is 0.742 bits per heavy atom. The third kappa shape index (κ3) is 65.2. The lowest BCUT2D eigenvalue weighted by atomic mass is 10.5. The van der Waals surface area contributed by atoms with Gasteiger partial charge in [0.15, 0.2) is 0 Å². The third-order valence-corrected chi connectivity index (χ3v) is 3.50. The maximum Gasteiger partial charge on any atom is 0.101 e. The first-order valence-corrected chi connectivity index (χ1v) is 11.5. The van der Waals surface area contributed by atoms with Gasteiger partial charge in [0.1, 0.15) is 19.6 Å². The Balaban J connectivity index is -0.000000159. The molecule has 0 aromatic heterocycles. The summed E-state index contributed by atoms with van der Waals surface area (Å²) in [5.74, 6) is -1.45. The van der Waals surface area contributed by atoms with Crippen molar-refractivity contribution in [2.45, 2.75) is 0 Å². The van der Waals surface area contributed by atoms with Crippen LogP contribution >= 0.6 is 7.60 Å². The molecule has 0 aliphatic rings. The lowest BCUT2D eigenvalue weighted by molar-refractivity contribution is -0.870. The van der Waals surface area contributed by atoms with E-state index in [4.69, 9.17) is 15.3 Å². The summed E-state index contributed by atoms with van der Waals surface area (Å²) in [5, 5.41) is 36.7. The molecule has 0 atom stereocenters. The fourth-order valence-electron chi connectivity index (χ4n) is 1.19. The van der Waals surface area contributed by atoms with E-state index in [-0.39, 0.29) is 19.8 Å². The molecular weight excluding hydrogens is 431 g/mol. The normalized spacial score (nSPS) is 11.8. The van der Waals surface area contributed by atoms with Gasteiger partial charge in [-0.2, -0.15) is 0 Å². The van der Waals surface area contributed by atoms with Gasteiger partial charge in [-0.25, -0.2) is 0 Å². The average molecular weight is 479 g/mol. The number of likely N-dealkylation sites (N-methyl/N-ethyl adjacent to an activating group) is 3. The molecule has 0 rings (SSSR count). The molecule has 0 radical (unpaired) electrons. The second-order valence-corrected chi connectivity index (χ2v) is 11.3. The van der Waals surface area contributed by atoms with Crippen LogP contribution < -0.4 is 20.2 Å². The van der Waals surface area contributed by atoms with Crippen LogP contribution in [-0.2, 0) is 9.36 Å². The summed E-state index contributed by atoms with van der Waals surface area (Å²) in [4.78, 5) is 29.2. The summed E-state index contributed by atoms with van der Waals surface area (Å²) >= 11 is 0. The molecule has 0 saturated carbocycles. The number of nitrogens with zero attached hydrogens (tertiary/aromatic N) is 3. The number of hydrogen-bond donors (Lipinski definition) is 4. The van der Waals surface area contributed by atoms with E-state index in [9.17, 15) is 24.3 Å². The highest BCUT2D eigenvalue weighted by Crippen LogP contribution is 2.18. The maximum absolute atomic E-state index is 9.81. The minimum atomic E-state index is -4.62. The van der Waals surface area contributed by atoms with Crippen LogP contribution in [0.2, 0.25) is 0 Å². The molecule has 31 heavy (non-hydrogen) atoms. The molecule has 0 aliphatic heterocycles. The average Bonchev–Trinajstić information content (AvgIpc) is 2.43. The first-order valence-electron chi connectivity index (χ1n) is 9.76. The number of carboxylic acid groups (broad SMARTS) is 1. The minimum Gasteiger partial charge on any atom is -0.810 e. The van der Waals surface area contributed by atoms with E-state index in [0.29, 0.717) is 0 Å². The quantitative estimate of drug-likeness (QED) is 0.177. The molecule has 0 bridgehead atoms. The van der Waals surface area contributed by atoms with Gasteiger partial charge in [0.2, 0.25) is 0 Å². The van der Waals surface area contributed by atoms with E-state index in [0.717, 1.165) is 33.1 Å². The van der Waals surface area contributed by atoms with Crippen molar-refractivity contribution < 1.29 is 53.0 Å². The van der Waals surface area contributed by atoms with Crippen molar-refractivity contribution in [1.29, 1.82) is 0 Å². The van der Waals surface area contributed by atoms with Gasteiger partial charge < -0.3 is 58.3 Å². The van der Waals surface area contributed by atoms with Gasteiger partial charge in [-0.15, -0.1) is 0 Å². The largest absolute Gasteiger partial charge is 0.810 e. The summed E-state index contributed by atoms with van der Waals surface area (Å²) in [6.45, 7) is 2.71. The lowest BCUT2D eigenvalue weighted by Gasteiger charge is -2.29. The number of carbonyl (C=O) groups excluding carboxylic acids is 1. The van der Waals surface area contributed by atoms with E-state index in [1.807, 2.05) is 5.32 Å². The van der Waals surface area contributed by atoms with Gasteiger partial charge in [0, 0.05) is 12.8 Å². The predicted octanol–water partition coefficient (Wildman–Crippen LogP) is -4.75. The highest BCUT2D eigenvalue weighted by Gasteiger charge is 2.03. The molecule has 0 saturated heterocycles. The van der Waals surface area contributed by atoms with Crippen LogP contribution in [-0.4, -0.2) is 150 Å². The number of aliphatic hydroxyl groups is 3. The fraction of sp³-hybridized carbons (Fsp3) is 0.944. The van der Waals surface area contributed by atoms with E-state index < -0.39 is 26.4 Å².